The van der Waals surface area contributed by atoms with Crippen molar-refractivity contribution in [1.82, 2.24) is 4.90 Å². The zero-order valence-electron chi connectivity index (χ0n) is 10.3. The first-order chi connectivity index (χ1) is 9.04. The van der Waals surface area contributed by atoms with Gasteiger partial charge in [-0.3, -0.25) is 14.5 Å². The van der Waals surface area contributed by atoms with Crippen molar-refractivity contribution in [2.45, 2.75) is 6.92 Å². The first-order valence-electron chi connectivity index (χ1n) is 5.75. The third kappa shape index (κ3) is 2.48. The highest BCUT2D eigenvalue weighted by molar-refractivity contribution is 6.17. The van der Waals surface area contributed by atoms with Gasteiger partial charge in [0.15, 0.2) is 0 Å². The minimum absolute atomic E-state index is 0.00616. The molecule has 0 aromatic heterocycles. The Morgan fingerprint density at radius 1 is 1.37 bits per heavy atom. The predicted molar refractivity (Wildman–Crippen MR) is 66.6 cm³/mol. The molecule has 1 aromatic carbocycles. The van der Waals surface area contributed by atoms with Crippen LogP contribution in [0.1, 0.15) is 5.56 Å². The van der Waals surface area contributed by atoms with E-state index in [1.807, 2.05) is 0 Å². The second kappa shape index (κ2) is 5.19. The molecule has 1 aliphatic heterocycles. The first-order valence-corrected chi connectivity index (χ1v) is 5.75. The van der Waals surface area contributed by atoms with Crippen LogP contribution in [0.2, 0.25) is 0 Å². The van der Waals surface area contributed by atoms with E-state index < -0.39 is 17.6 Å². The largest absolute Gasteiger partial charge is 0.395 e. The second-order valence-electron chi connectivity index (χ2n) is 4.13. The summed E-state index contributed by atoms with van der Waals surface area (Å²) >= 11 is 0. The molecule has 0 unspecified atom stereocenters. The number of carbonyl (C=O) groups excluding carboxylic acids is 2. The van der Waals surface area contributed by atoms with Gasteiger partial charge in [0.1, 0.15) is 11.5 Å². The number of β-amino-alcohol motifs (C(OH)–C–C–N with tert-alkyl or cyclic N) is 1. The van der Waals surface area contributed by atoms with Crippen molar-refractivity contribution in [3.05, 3.63) is 41.4 Å². The van der Waals surface area contributed by atoms with Crippen molar-refractivity contribution < 1.29 is 19.1 Å². The smallest absolute Gasteiger partial charge is 0.277 e. The topological polar surface area (TPSA) is 69.6 Å². The number of para-hydroxylation sites is 1. The number of anilines is 1. The molecule has 2 amide bonds. The minimum atomic E-state index is -0.568. The molecule has 19 heavy (non-hydrogen) atoms. The van der Waals surface area contributed by atoms with Gasteiger partial charge in [-0.25, -0.2) is 4.39 Å². The van der Waals surface area contributed by atoms with Crippen LogP contribution in [0.25, 0.3) is 0 Å². The Morgan fingerprint density at radius 2 is 2.11 bits per heavy atom. The molecule has 2 rings (SSSR count). The molecule has 0 spiro atoms. The number of benzene rings is 1. The summed E-state index contributed by atoms with van der Waals surface area (Å²) < 4.78 is 13.6. The Bertz CT molecular complexity index is 549. The van der Waals surface area contributed by atoms with Gasteiger partial charge in [-0.1, -0.05) is 12.1 Å². The monoisotopic (exact) mass is 264 g/mol. The Kier molecular flexibility index (Phi) is 3.62. The van der Waals surface area contributed by atoms with Crippen LogP contribution < -0.4 is 5.32 Å². The summed E-state index contributed by atoms with van der Waals surface area (Å²) in [5.41, 5.74) is 0.800. The lowest BCUT2D eigenvalue weighted by molar-refractivity contribution is -0.137. The quantitative estimate of drug-likeness (QED) is 0.789. The van der Waals surface area contributed by atoms with E-state index in [1.54, 1.807) is 19.1 Å². The molecule has 0 radical (unpaired) electrons. The highest BCUT2D eigenvalue weighted by Gasteiger charge is 2.31. The normalized spacial score (nSPS) is 14.9. The molecule has 6 heteroatoms. The van der Waals surface area contributed by atoms with Crippen molar-refractivity contribution in [2.24, 2.45) is 0 Å². The number of hydrogen-bond donors (Lipinski definition) is 2. The first kappa shape index (κ1) is 13.2. The van der Waals surface area contributed by atoms with Gasteiger partial charge in [0.05, 0.1) is 18.8 Å². The van der Waals surface area contributed by atoms with Crippen LogP contribution in [0.15, 0.2) is 30.0 Å². The standard InChI is InChI=1S/C13H13FN2O3/c1-8-3-2-4-9(14)12(8)15-10-7-11(18)16(5-6-17)13(10)19/h2-4,7,15,17H,5-6H2,1H3. The number of hydrogen-bond acceptors (Lipinski definition) is 4. The van der Waals surface area contributed by atoms with Gasteiger partial charge in [-0.05, 0) is 18.6 Å². The molecule has 1 aromatic rings. The lowest BCUT2D eigenvalue weighted by Crippen LogP contribution is -2.34. The summed E-state index contributed by atoms with van der Waals surface area (Å²) in [6.45, 7) is 1.31. The van der Waals surface area contributed by atoms with Crippen LogP contribution in [-0.2, 0) is 9.59 Å². The van der Waals surface area contributed by atoms with Gasteiger partial charge in [-0.2, -0.15) is 0 Å². The van der Waals surface area contributed by atoms with E-state index in [0.717, 1.165) is 11.0 Å². The maximum absolute atomic E-state index is 13.6. The van der Waals surface area contributed by atoms with Crippen molar-refractivity contribution in [2.75, 3.05) is 18.5 Å². The van der Waals surface area contributed by atoms with E-state index in [4.69, 9.17) is 5.11 Å². The molecular formula is C13H13FN2O3. The number of aliphatic hydroxyl groups is 1. The molecular weight excluding hydrogens is 251 g/mol. The number of rotatable bonds is 4. The van der Waals surface area contributed by atoms with Gasteiger partial charge in [-0.15, -0.1) is 0 Å². The van der Waals surface area contributed by atoms with Crippen molar-refractivity contribution in [3.8, 4) is 0 Å². The number of amides is 2. The van der Waals surface area contributed by atoms with Crippen LogP contribution in [0.3, 0.4) is 0 Å². The van der Waals surface area contributed by atoms with Crippen LogP contribution in [0.5, 0.6) is 0 Å². The number of nitrogens with zero attached hydrogens (tertiary/aromatic N) is 1. The maximum Gasteiger partial charge on any atom is 0.277 e. The van der Waals surface area contributed by atoms with Gasteiger partial charge in [0.2, 0.25) is 0 Å². The van der Waals surface area contributed by atoms with Crippen molar-refractivity contribution in [3.63, 3.8) is 0 Å². The molecule has 100 valence electrons. The molecule has 1 aliphatic rings. The van der Waals surface area contributed by atoms with Crippen molar-refractivity contribution in [1.29, 1.82) is 0 Å². The Hall–Kier alpha value is -2.21. The summed E-state index contributed by atoms with van der Waals surface area (Å²) in [4.78, 5) is 24.3. The van der Waals surface area contributed by atoms with E-state index in [1.165, 1.54) is 6.07 Å². The van der Waals surface area contributed by atoms with E-state index >= 15 is 0 Å². The van der Waals surface area contributed by atoms with Gasteiger partial charge < -0.3 is 10.4 Å². The summed E-state index contributed by atoms with van der Waals surface area (Å²) in [5.74, 6) is -1.58. The summed E-state index contributed by atoms with van der Waals surface area (Å²) in [6.07, 6.45) is 1.10. The molecule has 0 saturated heterocycles. The fraction of sp³-hybridized carbons (Fsp3) is 0.231. The van der Waals surface area contributed by atoms with Gasteiger partial charge in [0, 0.05) is 6.08 Å². The van der Waals surface area contributed by atoms with Crippen LogP contribution in [0.4, 0.5) is 10.1 Å². The van der Waals surface area contributed by atoms with E-state index in [-0.39, 0.29) is 24.5 Å². The molecule has 2 N–H and O–H groups in total. The number of aliphatic hydroxyl groups excluding tert-OH is 1. The average molecular weight is 264 g/mol. The maximum atomic E-state index is 13.6. The Morgan fingerprint density at radius 3 is 2.74 bits per heavy atom. The van der Waals surface area contributed by atoms with E-state index in [2.05, 4.69) is 5.32 Å². The zero-order chi connectivity index (χ0) is 14.0. The SMILES string of the molecule is Cc1cccc(F)c1NC1=CC(=O)N(CCO)C1=O. The Labute approximate surface area is 109 Å². The van der Waals surface area contributed by atoms with Gasteiger partial charge in [0.25, 0.3) is 11.8 Å². The highest BCUT2D eigenvalue weighted by atomic mass is 19.1. The number of carbonyl (C=O) groups is 2. The molecule has 0 atom stereocenters. The fourth-order valence-electron chi connectivity index (χ4n) is 1.83. The molecule has 1 heterocycles. The predicted octanol–water partition coefficient (Wildman–Crippen LogP) is 0.791. The fourth-order valence-corrected chi connectivity index (χ4v) is 1.83. The lowest BCUT2D eigenvalue weighted by atomic mass is 10.2. The molecule has 0 fully saturated rings. The molecule has 0 bridgehead atoms. The summed E-state index contributed by atoms with van der Waals surface area (Å²) in [6, 6.07) is 4.52. The summed E-state index contributed by atoms with van der Waals surface area (Å²) in [5, 5.41) is 11.4. The zero-order valence-corrected chi connectivity index (χ0v) is 10.3. The molecule has 0 saturated carbocycles. The third-order valence-electron chi connectivity index (χ3n) is 2.81. The molecule has 0 aliphatic carbocycles. The minimum Gasteiger partial charge on any atom is -0.395 e. The van der Waals surface area contributed by atoms with E-state index in [0.29, 0.717) is 5.56 Å². The lowest BCUT2D eigenvalue weighted by Gasteiger charge is -2.14. The summed E-state index contributed by atoms with van der Waals surface area (Å²) in [7, 11) is 0. The van der Waals surface area contributed by atoms with Crippen LogP contribution in [-0.4, -0.2) is 35.0 Å². The van der Waals surface area contributed by atoms with Gasteiger partial charge >= 0.3 is 0 Å². The van der Waals surface area contributed by atoms with E-state index in [9.17, 15) is 14.0 Å². The van der Waals surface area contributed by atoms with Crippen LogP contribution >= 0.6 is 0 Å². The second-order valence-corrected chi connectivity index (χ2v) is 4.13. The number of imide groups is 1. The number of halogens is 1. The Balaban J connectivity index is 2.23. The number of aryl methyl sites for hydroxylation is 1. The number of nitrogens with one attached hydrogen (secondary N) is 1. The van der Waals surface area contributed by atoms with Crippen LogP contribution in [0, 0.1) is 12.7 Å². The average Bonchev–Trinajstić information content (AvgIpc) is 2.62. The third-order valence-corrected chi connectivity index (χ3v) is 2.81. The highest BCUT2D eigenvalue weighted by Crippen LogP contribution is 2.23. The molecule has 5 nitrogen and oxygen atoms in total. The van der Waals surface area contributed by atoms with Crippen molar-refractivity contribution >= 4 is 17.5 Å².